The van der Waals surface area contributed by atoms with Gasteiger partial charge in [0.15, 0.2) is 0 Å². The second-order valence-corrected chi connectivity index (χ2v) is 7.15. The van der Waals surface area contributed by atoms with Crippen LogP contribution >= 0.6 is 0 Å². The number of amides is 4. The first-order valence-corrected chi connectivity index (χ1v) is 9.49. The van der Waals surface area contributed by atoms with E-state index in [0.717, 1.165) is 31.5 Å². The summed E-state index contributed by atoms with van der Waals surface area (Å²) in [6, 6.07) is 14.3. The Labute approximate surface area is 165 Å². The van der Waals surface area contributed by atoms with Crippen molar-refractivity contribution in [2.24, 2.45) is 0 Å². The number of nitrogens with zero attached hydrogens (tertiary/aromatic N) is 1. The Balaban J connectivity index is 1.56. The van der Waals surface area contributed by atoms with Gasteiger partial charge < -0.3 is 26.2 Å². The number of para-hydroxylation sites is 1. The number of benzene rings is 2. The van der Waals surface area contributed by atoms with Crippen LogP contribution < -0.4 is 21.3 Å². The lowest BCUT2D eigenvalue weighted by molar-refractivity contribution is 0.221. The van der Waals surface area contributed by atoms with Crippen LogP contribution in [0.1, 0.15) is 18.4 Å². The minimum atomic E-state index is -0.336. The van der Waals surface area contributed by atoms with E-state index < -0.39 is 0 Å². The van der Waals surface area contributed by atoms with Crippen LogP contribution in [0.2, 0.25) is 0 Å². The molecule has 2 aromatic carbocycles. The van der Waals surface area contributed by atoms with Crippen molar-refractivity contribution in [3.63, 3.8) is 0 Å². The van der Waals surface area contributed by atoms with Gasteiger partial charge in [0, 0.05) is 23.1 Å². The molecular formula is C21H27N5O2. The summed E-state index contributed by atoms with van der Waals surface area (Å²) in [5, 5.41) is 11.5. The highest BCUT2D eigenvalue weighted by Gasteiger charge is 2.18. The van der Waals surface area contributed by atoms with E-state index in [2.05, 4.69) is 33.2 Å². The van der Waals surface area contributed by atoms with Crippen molar-refractivity contribution in [3.05, 3.63) is 54.1 Å². The molecule has 4 N–H and O–H groups in total. The molecule has 2 aromatic rings. The largest absolute Gasteiger partial charge is 0.335 e. The van der Waals surface area contributed by atoms with Crippen molar-refractivity contribution in [2.45, 2.75) is 25.8 Å². The molecule has 28 heavy (non-hydrogen) atoms. The Morgan fingerprint density at radius 2 is 1.57 bits per heavy atom. The monoisotopic (exact) mass is 381 g/mol. The van der Waals surface area contributed by atoms with Crippen LogP contribution in [0.15, 0.2) is 48.5 Å². The van der Waals surface area contributed by atoms with E-state index in [1.165, 1.54) is 0 Å². The third-order valence-corrected chi connectivity index (χ3v) is 4.83. The molecular weight excluding hydrogens is 354 g/mol. The quantitative estimate of drug-likeness (QED) is 0.649. The first kappa shape index (κ1) is 19.7. The van der Waals surface area contributed by atoms with Crippen molar-refractivity contribution in [2.75, 3.05) is 36.1 Å². The summed E-state index contributed by atoms with van der Waals surface area (Å²) < 4.78 is 0. The second kappa shape index (κ2) is 9.23. The molecule has 1 aliphatic heterocycles. The van der Waals surface area contributed by atoms with Gasteiger partial charge in [-0.25, -0.2) is 9.59 Å². The second-order valence-electron chi connectivity index (χ2n) is 7.15. The van der Waals surface area contributed by atoms with Gasteiger partial charge in [-0.15, -0.1) is 0 Å². The van der Waals surface area contributed by atoms with Gasteiger partial charge in [-0.05, 0) is 69.7 Å². The minimum Gasteiger partial charge on any atom is -0.335 e. The number of rotatable bonds is 4. The smallest absolute Gasteiger partial charge is 0.323 e. The minimum absolute atomic E-state index is 0.189. The van der Waals surface area contributed by atoms with E-state index in [-0.39, 0.29) is 18.1 Å². The van der Waals surface area contributed by atoms with Gasteiger partial charge in [0.1, 0.15) is 0 Å². The number of urea groups is 2. The molecule has 7 heteroatoms. The number of likely N-dealkylation sites (tertiary alicyclic amines) is 1. The predicted octanol–water partition coefficient (Wildman–Crippen LogP) is 3.85. The van der Waals surface area contributed by atoms with Crippen LogP contribution in [-0.2, 0) is 0 Å². The zero-order valence-electron chi connectivity index (χ0n) is 16.3. The maximum Gasteiger partial charge on any atom is 0.323 e. The molecule has 0 spiro atoms. The van der Waals surface area contributed by atoms with Crippen LogP contribution in [-0.4, -0.2) is 43.1 Å². The SMILES string of the molecule is Cc1ccc(NC(=O)Nc2ccccc2)cc1NC(=O)NC1CCN(C)CC1. The average Bonchev–Trinajstić information content (AvgIpc) is 2.67. The summed E-state index contributed by atoms with van der Waals surface area (Å²) in [6.45, 7) is 3.89. The maximum absolute atomic E-state index is 12.4. The van der Waals surface area contributed by atoms with Crippen LogP contribution in [0.5, 0.6) is 0 Å². The number of carbonyl (C=O) groups is 2. The topological polar surface area (TPSA) is 85.5 Å². The third kappa shape index (κ3) is 5.72. The van der Waals surface area contributed by atoms with Crippen molar-refractivity contribution >= 4 is 29.1 Å². The highest BCUT2D eigenvalue weighted by molar-refractivity contribution is 6.00. The molecule has 4 amide bonds. The molecule has 0 aliphatic carbocycles. The zero-order chi connectivity index (χ0) is 19.9. The number of anilines is 3. The van der Waals surface area contributed by atoms with E-state index in [1.807, 2.05) is 43.3 Å². The van der Waals surface area contributed by atoms with Crippen LogP contribution in [0, 0.1) is 6.92 Å². The number of aryl methyl sites for hydroxylation is 1. The zero-order valence-corrected chi connectivity index (χ0v) is 16.3. The molecule has 1 heterocycles. The van der Waals surface area contributed by atoms with Crippen molar-refractivity contribution in [1.82, 2.24) is 10.2 Å². The fourth-order valence-corrected chi connectivity index (χ4v) is 3.15. The summed E-state index contributed by atoms with van der Waals surface area (Å²) in [5.41, 5.74) is 2.91. The summed E-state index contributed by atoms with van der Waals surface area (Å²) in [7, 11) is 2.09. The summed E-state index contributed by atoms with van der Waals surface area (Å²) >= 11 is 0. The third-order valence-electron chi connectivity index (χ3n) is 4.83. The van der Waals surface area contributed by atoms with E-state index in [4.69, 9.17) is 0 Å². The Bertz CT molecular complexity index is 817. The van der Waals surface area contributed by atoms with Gasteiger partial charge in [-0.1, -0.05) is 24.3 Å². The van der Waals surface area contributed by atoms with Crippen molar-refractivity contribution in [3.8, 4) is 0 Å². The number of piperidine rings is 1. The van der Waals surface area contributed by atoms with Gasteiger partial charge in [0.2, 0.25) is 0 Å². The van der Waals surface area contributed by atoms with Gasteiger partial charge in [-0.2, -0.15) is 0 Å². The van der Waals surface area contributed by atoms with Crippen LogP contribution in [0.4, 0.5) is 26.7 Å². The molecule has 0 saturated carbocycles. The van der Waals surface area contributed by atoms with E-state index in [0.29, 0.717) is 17.1 Å². The lowest BCUT2D eigenvalue weighted by atomic mass is 10.1. The molecule has 0 bridgehead atoms. The van der Waals surface area contributed by atoms with Gasteiger partial charge in [-0.3, -0.25) is 0 Å². The van der Waals surface area contributed by atoms with Crippen molar-refractivity contribution < 1.29 is 9.59 Å². The molecule has 1 aliphatic rings. The number of carbonyl (C=O) groups excluding carboxylic acids is 2. The summed E-state index contributed by atoms with van der Waals surface area (Å²) in [4.78, 5) is 26.8. The Morgan fingerprint density at radius 3 is 2.29 bits per heavy atom. The molecule has 0 unspecified atom stereocenters. The van der Waals surface area contributed by atoms with E-state index in [1.54, 1.807) is 12.1 Å². The van der Waals surface area contributed by atoms with Gasteiger partial charge in [0.25, 0.3) is 0 Å². The van der Waals surface area contributed by atoms with Gasteiger partial charge in [0.05, 0.1) is 0 Å². The standard InChI is InChI=1S/C21H27N5O2/c1-15-8-9-18(24-20(27)22-16-6-4-3-5-7-16)14-19(15)25-21(28)23-17-10-12-26(2)13-11-17/h3-9,14,17H,10-13H2,1-2H3,(H2,22,24,27)(H2,23,25,28). The van der Waals surface area contributed by atoms with Crippen LogP contribution in [0.25, 0.3) is 0 Å². The summed E-state index contributed by atoms with van der Waals surface area (Å²) in [6.07, 6.45) is 1.90. The van der Waals surface area contributed by atoms with Crippen LogP contribution in [0.3, 0.4) is 0 Å². The summed E-state index contributed by atoms with van der Waals surface area (Å²) in [5.74, 6) is 0. The fraction of sp³-hybridized carbons (Fsp3) is 0.333. The first-order valence-electron chi connectivity index (χ1n) is 9.49. The molecule has 1 fully saturated rings. The number of hydrogen-bond donors (Lipinski definition) is 4. The number of nitrogens with one attached hydrogen (secondary N) is 4. The number of hydrogen-bond acceptors (Lipinski definition) is 3. The first-order chi connectivity index (χ1) is 13.5. The Kier molecular flexibility index (Phi) is 6.49. The molecule has 0 atom stereocenters. The molecule has 1 saturated heterocycles. The highest BCUT2D eigenvalue weighted by atomic mass is 16.2. The highest BCUT2D eigenvalue weighted by Crippen LogP contribution is 2.21. The lowest BCUT2D eigenvalue weighted by Crippen LogP contribution is -2.44. The predicted molar refractivity (Wildman–Crippen MR) is 113 cm³/mol. The molecule has 148 valence electrons. The maximum atomic E-state index is 12.4. The average molecular weight is 381 g/mol. The molecule has 0 aromatic heterocycles. The molecule has 0 radical (unpaired) electrons. The van der Waals surface area contributed by atoms with E-state index in [9.17, 15) is 9.59 Å². The Hall–Kier alpha value is -3.06. The molecule has 7 nitrogen and oxygen atoms in total. The van der Waals surface area contributed by atoms with E-state index >= 15 is 0 Å². The van der Waals surface area contributed by atoms with Crippen molar-refractivity contribution in [1.29, 1.82) is 0 Å². The lowest BCUT2D eigenvalue weighted by Gasteiger charge is -2.29. The van der Waals surface area contributed by atoms with Gasteiger partial charge >= 0.3 is 12.1 Å². The Morgan fingerprint density at radius 1 is 0.893 bits per heavy atom. The molecule has 3 rings (SSSR count). The normalized spacial score (nSPS) is 14.9. The fourth-order valence-electron chi connectivity index (χ4n) is 3.15.